The molecule has 0 radical (unpaired) electrons. The maximum Gasteiger partial charge on any atom is 0.333 e. The van der Waals surface area contributed by atoms with E-state index in [1.54, 1.807) is 12.1 Å². The number of para-hydroxylation sites is 1. The van der Waals surface area contributed by atoms with E-state index in [4.69, 9.17) is 4.74 Å². The van der Waals surface area contributed by atoms with Crippen molar-refractivity contribution in [3.05, 3.63) is 65.5 Å². The predicted molar refractivity (Wildman–Crippen MR) is 88.8 cm³/mol. The fourth-order valence-electron chi connectivity index (χ4n) is 2.98. The van der Waals surface area contributed by atoms with Crippen LogP contribution in [-0.2, 0) is 15.1 Å². The van der Waals surface area contributed by atoms with Crippen LogP contribution in [0.5, 0.6) is 5.75 Å². The topological polar surface area (TPSA) is 75.6 Å². The molecule has 0 bridgehead atoms. The molecule has 2 unspecified atom stereocenters. The fraction of sp³-hybridized carbons (Fsp3) is 0.263. The number of aliphatic carboxylic acids is 1. The van der Waals surface area contributed by atoms with Gasteiger partial charge in [0.25, 0.3) is 0 Å². The van der Waals surface area contributed by atoms with E-state index in [1.807, 2.05) is 12.1 Å². The number of fused-ring (bicyclic) bond motifs is 1. The second-order valence-electron chi connectivity index (χ2n) is 6.15. The Bertz CT molecular complexity index is 805. The molecular formula is C19H18FNO4. The van der Waals surface area contributed by atoms with Crippen molar-refractivity contribution in [3.8, 4) is 5.75 Å². The van der Waals surface area contributed by atoms with Crippen LogP contribution in [0.2, 0.25) is 0 Å². The Morgan fingerprint density at radius 1 is 1.20 bits per heavy atom. The van der Waals surface area contributed by atoms with Gasteiger partial charge in [0.1, 0.15) is 11.6 Å². The summed E-state index contributed by atoms with van der Waals surface area (Å²) in [5.41, 5.74) is -0.619. The Kier molecular flexibility index (Phi) is 4.44. The summed E-state index contributed by atoms with van der Waals surface area (Å²) in [6.07, 6.45) is 0.460. The van der Waals surface area contributed by atoms with E-state index in [0.29, 0.717) is 24.3 Å². The van der Waals surface area contributed by atoms with E-state index in [1.165, 1.54) is 31.2 Å². The zero-order chi connectivity index (χ0) is 18.0. The molecule has 25 heavy (non-hydrogen) atoms. The van der Waals surface area contributed by atoms with Crippen LogP contribution in [-0.4, -0.2) is 23.6 Å². The Balaban J connectivity index is 1.90. The van der Waals surface area contributed by atoms with E-state index < -0.39 is 29.2 Å². The van der Waals surface area contributed by atoms with Crippen LogP contribution in [0.15, 0.2) is 48.5 Å². The van der Waals surface area contributed by atoms with E-state index in [2.05, 4.69) is 5.32 Å². The Morgan fingerprint density at radius 2 is 1.88 bits per heavy atom. The summed E-state index contributed by atoms with van der Waals surface area (Å²) in [7, 11) is 0. The Hall–Kier alpha value is -2.89. The van der Waals surface area contributed by atoms with Crippen molar-refractivity contribution in [2.24, 2.45) is 0 Å². The number of halogens is 1. The molecule has 1 heterocycles. The number of carbonyl (C=O) groups excluding carboxylic acids is 1. The van der Waals surface area contributed by atoms with Gasteiger partial charge >= 0.3 is 5.97 Å². The van der Waals surface area contributed by atoms with E-state index >= 15 is 0 Å². The van der Waals surface area contributed by atoms with Crippen molar-refractivity contribution in [1.82, 2.24) is 5.32 Å². The number of hydrogen-bond acceptors (Lipinski definition) is 3. The molecule has 5 nitrogen and oxygen atoms in total. The van der Waals surface area contributed by atoms with Crippen molar-refractivity contribution in [2.45, 2.75) is 24.8 Å². The number of ether oxygens (including phenoxy) is 1. The third-order valence-corrected chi connectivity index (χ3v) is 4.50. The van der Waals surface area contributed by atoms with E-state index in [9.17, 15) is 19.1 Å². The van der Waals surface area contributed by atoms with Gasteiger partial charge in [-0.2, -0.15) is 0 Å². The van der Waals surface area contributed by atoms with Gasteiger partial charge in [0, 0.05) is 5.56 Å². The zero-order valence-corrected chi connectivity index (χ0v) is 13.7. The van der Waals surface area contributed by atoms with Gasteiger partial charge in [0.2, 0.25) is 5.91 Å². The van der Waals surface area contributed by atoms with Crippen molar-refractivity contribution >= 4 is 11.9 Å². The van der Waals surface area contributed by atoms with Crippen molar-refractivity contribution < 1.29 is 23.8 Å². The van der Waals surface area contributed by atoms with Crippen LogP contribution in [0.4, 0.5) is 4.39 Å². The molecule has 2 N–H and O–H groups in total. The lowest BCUT2D eigenvalue weighted by Crippen LogP contribution is -2.51. The molecule has 1 amide bonds. The van der Waals surface area contributed by atoms with Crippen molar-refractivity contribution in [2.75, 3.05) is 6.61 Å². The third-order valence-electron chi connectivity index (χ3n) is 4.50. The summed E-state index contributed by atoms with van der Waals surface area (Å²) < 4.78 is 18.7. The zero-order valence-electron chi connectivity index (χ0n) is 13.7. The van der Waals surface area contributed by atoms with Crippen LogP contribution in [0.3, 0.4) is 0 Å². The molecule has 2 aromatic carbocycles. The molecule has 2 aromatic rings. The second-order valence-corrected chi connectivity index (χ2v) is 6.15. The highest BCUT2D eigenvalue weighted by atomic mass is 19.1. The van der Waals surface area contributed by atoms with Crippen LogP contribution < -0.4 is 10.1 Å². The molecule has 6 heteroatoms. The highest BCUT2D eigenvalue weighted by Gasteiger charge is 2.39. The number of carboxylic acids is 1. The minimum Gasteiger partial charge on any atom is -0.493 e. The standard InChI is InChI=1S/C19H18FNO4/c1-19(18(23)24,12-6-8-13(20)9-7-12)21-17(22)15-10-11-25-16-5-3-2-4-14(15)16/h2-9,15H,10-11H2,1H3,(H,21,22)(H,23,24). The van der Waals surface area contributed by atoms with Crippen LogP contribution in [0.1, 0.15) is 30.4 Å². The van der Waals surface area contributed by atoms with E-state index in [-0.39, 0.29) is 0 Å². The van der Waals surface area contributed by atoms with Gasteiger partial charge in [0.05, 0.1) is 12.5 Å². The smallest absolute Gasteiger partial charge is 0.333 e. The first-order valence-electron chi connectivity index (χ1n) is 7.95. The highest BCUT2D eigenvalue weighted by Crippen LogP contribution is 2.34. The average molecular weight is 343 g/mol. The molecule has 2 atom stereocenters. The largest absolute Gasteiger partial charge is 0.493 e. The molecule has 0 saturated carbocycles. The normalized spacial score (nSPS) is 18.4. The average Bonchev–Trinajstić information content (AvgIpc) is 2.61. The van der Waals surface area contributed by atoms with Gasteiger partial charge in [0.15, 0.2) is 5.54 Å². The summed E-state index contributed by atoms with van der Waals surface area (Å²) in [5, 5.41) is 12.3. The van der Waals surface area contributed by atoms with Gasteiger partial charge in [-0.15, -0.1) is 0 Å². The summed E-state index contributed by atoms with van der Waals surface area (Å²) in [5.74, 6) is -1.95. The lowest BCUT2D eigenvalue weighted by molar-refractivity contribution is -0.147. The Labute approximate surface area is 144 Å². The quantitative estimate of drug-likeness (QED) is 0.895. The molecule has 0 fully saturated rings. The molecule has 0 aliphatic carbocycles. The molecule has 1 aliphatic heterocycles. The third kappa shape index (κ3) is 3.20. The van der Waals surface area contributed by atoms with Gasteiger partial charge in [-0.1, -0.05) is 30.3 Å². The number of nitrogens with one attached hydrogen (secondary N) is 1. The van der Waals surface area contributed by atoms with Gasteiger partial charge in [-0.3, -0.25) is 4.79 Å². The van der Waals surface area contributed by atoms with E-state index in [0.717, 1.165) is 5.56 Å². The van der Waals surface area contributed by atoms with Crippen LogP contribution >= 0.6 is 0 Å². The number of benzene rings is 2. The SMILES string of the molecule is CC(NC(=O)C1CCOc2ccccc21)(C(=O)O)c1ccc(F)cc1. The molecule has 0 aromatic heterocycles. The molecular weight excluding hydrogens is 325 g/mol. The van der Waals surface area contributed by atoms with Crippen LogP contribution in [0.25, 0.3) is 0 Å². The number of carbonyl (C=O) groups is 2. The van der Waals surface area contributed by atoms with Crippen LogP contribution in [0, 0.1) is 5.82 Å². The summed E-state index contributed by atoms with van der Waals surface area (Å²) in [4.78, 5) is 24.7. The minimum atomic E-state index is -1.65. The summed E-state index contributed by atoms with van der Waals surface area (Å²) >= 11 is 0. The first-order valence-corrected chi connectivity index (χ1v) is 7.95. The van der Waals surface area contributed by atoms with Gasteiger partial charge in [-0.25, -0.2) is 9.18 Å². The molecule has 3 rings (SSSR count). The predicted octanol–water partition coefficient (Wildman–Crippen LogP) is 2.81. The lowest BCUT2D eigenvalue weighted by Gasteiger charge is -2.31. The molecule has 0 spiro atoms. The number of hydrogen-bond donors (Lipinski definition) is 2. The van der Waals surface area contributed by atoms with Gasteiger partial charge in [-0.05, 0) is 37.1 Å². The van der Waals surface area contributed by atoms with Crippen molar-refractivity contribution in [1.29, 1.82) is 0 Å². The summed E-state index contributed by atoms with van der Waals surface area (Å²) in [6.45, 7) is 1.78. The fourth-order valence-corrected chi connectivity index (χ4v) is 2.98. The van der Waals surface area contributed by atoms with Gasteiger partial charge < -0.3 is 15.2 Å². The Morgan fingerprint density at radius 3 is 2.56 bits per heavy atom. The highest BCUT2D eigenvalue weighted by molar-refractivity contribution is 5.91. The minimum absolute atomic E-state index is 0.301. The monoisotopic (exact) mass is 343 g/mol. The second kappa shape index (κ2) is 6.55. The molecule has 0 saturated heterocycles. The maximum absolute atomic E-state index is 13.1. The lowest BCUT2D eigenvalue weighted by atomic mass is 9.88. The molecule has 1 aliphatic rings. The first kappa shape index (κ1) is 17.0. The first-order chi connectivity index (χ1) is 11.9. The summed E-state index contributed by atoms with van der Waals surface area (Å²) in [6, 6.07) is 12.3. The molecule has 130 valence electrons. The number of amides is 1. The maximum atomic E-state index is 13.1. The number of rotatable bonds is 4. The van der Waals surface area contributed by atoms with Crippen molar-refractivity contribution in [3.63, 3.8) is 0 Å². The number of carboxylic acid groups (broad SMARTS) is 1.